The van der Waals surface area contributed by atoms with Gasteiger partial charge in [-0.3, -0.25) is 9.69 Å². The average molecular weight is 406 g/mol. The summed E-state index contributed by atoms with van der Waals surface area (Å²) in [7, 11) is 0. The lowest BCUT2D eigenvalue weighted by atomic mass is 10.1. The van der Waals surface area contributed by atoms with Crippen LogP contribution in [-0.4, -0.2) is 58.3 Å². The third kappa shape index (κ3) is 4.03. The molecule has 0 spiro atoms. The summed E-state index contributed by atoms with van der Waals surface area (Å²) in [5, 5.41) is 7.96. The normalized spacial score (nSPS) is 18.2. The van der Waals surface area contributed by atoms with Crippen molar-refractivity contribution in [2.24, 2.45) is 0 Å². The molecule has 0 bridgehead atoms. The molecule has 5 rings (SSSR count). The van der Waals surface area contributed by atoms with Gasteiger partial charge < -0.3 is 9.64 Å². The minimum atomic E-state index is 0.129. The van der Waals surface area contributed by atoms with E-state index in [1.807, 2.05) is 41.3 Å². The zero-order valence-corrected chi connectivity index (χ0v) is 17.0. The van der Waals surface area contributed by atoms with Gasteiger partial charge in [-0.1, -0.05) is 12.1 Å². The molecule has 0 N–H and O–H groups in total. The molecule has 3 heterocycles. The van der Waals surface area contributed by atoms with Crippen LogP contribution in [0.3, 0.4) is 0 Å². The Kier molecular flexibility index (Phi) is 5.36. The quantitative estimate of drug-likeness (QED) is 0.646. The highest BCUT2D eigenvalue weighted by Gasteiger charge is 2.22. The summed E-state index contributed by atoms with van der Waals surface area (Å²) >= 11 is 0. The molecular formula is C23H26N4O3. The lowest BCUT2D eigenvalue weighted by molar-refractivity contribution is 0.0792. The molecule has 156 valence electrons. The van der Waals surface area contributed by atoms with Gasteiger partial charge in [-0.25, -0.2) is 4.63 Å². The van der Waals surface area contributed by atoms with Crippen LogP contribution in [0.15, 0.2) is 47.1 Å². The maximum atomic E-state index is 12.5. The fourth-order valence-electron chi connectivity index (χ4n) is 4.39. The highest BCUT2D eigenvalue weighted by molar-refractivity contribution is 5.94. The first-order chi connectivity index (χ1) is 14.8. The van der Waals surface area contributed by atoms with Crippen LogP contribution < -0.4 is 4.74 Å². The minimum absolute atomic E-state index is 0.129. The van der Waals surface area contributed by atoms with Crippen molar-refractivity contribution >= 4 is 16.9 Å². The molecule has 0 radical (unpaired) electrons. The molecule has 2 saturated heterocycles. The fraction of sp³-hybridized carbons (Fsp3) is 0.435. The van der Waals surface area contributed by atoms with Crippen LogP contribution >= 0.6 is 0 Å². The number of aromatic nitrogens is 2. The Bertz CT molecular complexity index is 1000. The minimum Gasteiger partial charge on any atom is -0.490 e. The third-order valence-electron chi connectivity index (χ3n) is 6.10. The molecule has 0 atom stereocenters. The molecule has 7 heteroatoms. The van der Waals surface area contributed by atoms with Gasteiger partial charge in [0.1, 0.15) is 22.9 Å². The second kappa shape index (κ2) is 8.44. The number of likely N-dealkylation sites (tertiary alicyclic amines) is 2. The summed E-state index contributed by atoms with van der Waals surface area (Å²) in [4.78, 5) is 16.8. The number of carbonyl (C=O) groups is 1. The summed E-state index contributed by atoms with van der Waals surface area (Å²) in [6.07, 6.45) is 4.36. The summed E-state index contributed by atoms with van der Waals surface area (Å²) in [5.41, 5.74) is 3.54. The first kappa shape index (κ1) is 19.1. The highest BCUT2D eigenvalue weighted by atomic mass is 16.6. The van der Waals surface area contributed by atoms with Gasteiger partial charge in [-0.2, -0.15) is 0 Å². The van der Waals surface area contributed by atoms with E-state index >= 15 is 0 Å². The van der Waals surface area contributed by atoms with Gasteiger partial charge in [0.05, 0.1) is 0 Å². The number of amides is 1. The molecule has 30 heavy (non-hydrogen) atoms. The van der Waals surface area contributed by atoms with Crippen LogP contribution in [0.25, 0.3) is 11.0 Å². The van der Waals surface area contributed by atoms with E-state index in [0.717, 1.165) is 86.3 Å². The maximum absolute atomic E-state index is 12.5. The van der Waals surface area contributed by atoms with E-state index in [0.29, 0.717) is 0 Å². The van der Waals surface area contributed by atoms with Gasteiger partial charge in [-0.05, 0) is 71.9 Å². The molecule has 0 saturated carbocycles. The van der Waals surface area contributed by atoms with E-state index in [9.17, 15) is 4.79 Å². The molecular weight excluding hydrogens is 380 g/mol. The second-order valence-electron chi connectivity index (χ2n) is 8.17. The molecule has 0 aliphatic carbocycles. The van der Waals surface area contributed by atoms with Crippen molar-refractivity contribution < 1.29 is 14.2 Å². The predicted molar refractivity (Wildman–Crippen MR) is 112 cm³/mol. The van der Waals surface area contributed by atoms with Gasteiger partial charge in [0.2, 0.25) is 0 Å². The maximum Gasteiger partial charge on any atom is 0.253 e. The number of benzene rings is 2. The summed E-state index contributed by atoms with van der Waals surface area (Å²) in [5.74, 6) is 0.967. The van der Waals surface area contributed by atoms with E-state index < -0.39 is 0 Å². The van der Waals surface area contributed by atoms with Gasteiger partial charge in [0.25, 0.3) is 5.91 Å². The first-order valence-corrected chi connectivity index (χ1v) is 10.7. The van der Waals surface area contributed by atoms with Crippen LogP contribution in [0.5, 0.6) is 5.75 Å². The Morgan fingerprint density at radius 2 is 1.77 bits per heavy atom. The van der Waals surface area contributed by atoms with Crippen molar-refractivity contribution in [2.45, 2.75) is 38.3 Å². The summed E-state index contributed by atoms with van der Waals surface area (Å²) < 4.78 is 11.1. The van der Waals surface area contributed by atoms with Crippen molar-refractivity contribution in [3.05, 3.63) is 53.6 Å². The predicted octanol–water partition coefficient (Wildman–Crippen LogP) is 3.50. The largest absolute Gasteiger partial charge is 0.490 e. The smallest absolute Gasteiger partial charge is 0.253 e. The molecule has 2 aliphatic rings. The van der Waals surface area contributed by atoms with Gasteiger partial charge in [0, 0.05) is 38.3 Å². The summed E-state index contributed by atoms with van der Waals surface area (Å²) in [6.45, 7) is 4.52. The Hall–Kier alpha value is -2.93. The number of nitrogens with zero attached hydrogens (tertiary/aromatic N) is 4. The lowest BCUT2D eigenvalue weighted by Crippen LogP contribution is -2.37. The van der Waals surface area contributed by atoms with E-state index in [1.165, 1.54) is 0 Å². The molecule has 0 unspecified atom stereocenters. The highest BCUT2D eigenvalue weighted by Crippen LogP contribution is 2.23. The zero-order chi connectivity index (χ0) is 20.3. The van der Waals surface area contributed by atoms with Crippen molar-refractivity contribution in [1.82, 2.24) is 20.1 Å². The summed E-state index contributed by atoms with van der Waals surface area (Å²) in [6, 6.07) is 13.6. The Morgan fingerprint density at radius 1 is 1.00 bits per heavy atom. The van der Waals surface area contributed by atoms with E-state index in [4.69, 9.17) is 9.37 Å². The van der Waals surface area contributed by atoms with Crippen molar-refractivity contribution in [3.8, 4) is 5.75 Å². The topological polar surface area (TPSA) is 71.7 Å². The van der Waals surface area contributed by atoms with Gasteiger partial charge in [0.15, 0.2) is 0 Å². The van der Waals surface area contributed by atoms with Crippen molar-refractivity contribution in [1.29, 1.82) is 0 Å². The van der Waals surface area contributed by atoms with Crippen molar-refractivity contribution in [2.75, 3.05) is 26.2 Å². The Labute approximate surface area is 175 Å². The van der Waals surface area contributed by atoms with Crippen LogP contribution in [0.1, 0.15) is 41.6 Å². The van der Waals surface area contributed by atoms with E-state index in [1.54, 1.807) is 0 Å². The molecule has 1 amide bonds. The van der Waals surface area contributed by atoms with Crippen molar-refractivity contribution in [3.63, 3.8) is 0 Å². The number of ether oxygens (including phenoxy) is 1. The van der Waals surface area contributed by atoms with E-state index in [-0.39, 0.29) is 12.0 Å². The average Bonchev–Trinajstić information content (AvgIpc) is 3.48. The SMILES string of the molecule is O=C(c1ccc(OC2CCN(Cc3cccc4nonc34)CC2)cc1)N1CCCC1. The van der Waals surface area contributed by atoms with E-state index in [2.05, 4.69) is 21.3 Å². The number of hydrogen-bond acceptors (Lipinski definition) is 6. The number of hydrogen-bond donors (Lipinski definition) is 0. The van der Waals surface area contributed by atoms with Gasteiger partial charge >= 0.3 is 0 Å². The van der Waals surface area contributed by atoms with Crippen LogP contribution in [-0.2, 0) is 6.54 Å². The Morgan fingerprint density at radius 3 is 2.53 bits per heavy atom. The Balaban J connectivity index is 1.13. The number of rotatable bonds is 5. The lowest BCUT2D eigenvalue weighted by Gasteiger charge is -2.32. The molecule has 3 aromatic rings. The molecule has 7 nitrogen and oxygen atoms in total. The molecule has 1 aromatic heterocycles. The number of fused-ring (bicyclic) bond motifs is 1. The monoisotopic (exact) mass is 406 g/mol. The standard InChI is InChI=1S/C23H26N4O3/c28-23(27-12-1-2-13-27)17-6-8-19(9-7-17)29-20-10-14-26(15-11-20)16-18-4-3-5-21-22(18)25-30-24-21/h3-9,20H,1-2,10-16H2. The second-order valence-corrected chi connectivity index (χ2v) is 8.17. The number of piperidine rings is 1. The van der Waals surface area contributed by atoms with Crippen LogP contribution in [0, 0.1) is 0 Å². The third-order valence-corrected chi connectivity index (χ3v) is 6.10. The molecule has 2 aromatic carbocycles. The zero-order valence-electron chi connectivity index (χ0n) is 17.0. The molecule has 2 aliphatic heterocycles. The molecule has 2 fully saturated rings. The van der Waals surface area contributed by atoms with Crippen LogP contribution in [0.4, 0.5) is 0 Å². The fourth-order valence-corrected chi connectivity index (χ4v) is 4.39. The first-order valence-electron chi connectivity index (χ1n) is 10.7. The van der Waals surface area contributed by atoms with Gasteiger partial charge in [-0.15, -0.1) is 0 Å². The van der Waals surface area contributed by atoms with Crippen LogP contribution in [0.2, 0.25) is 0 Å². The number of carbonyl (C=O) groups excluding carboxylic acids is 1.